The van der Waals surface area contributed by atoms with Crippen LogP contribution in [0.15, 0.2) is 29.7 Å². The van der Waals surface area contributed by atoms with Crippen LogP contribution in [0.25, 0.3) is 0 Å². The zero-order chi connectivity index (χ0) is 14.9. The van der Waals surface area contributed by atoms with Crippen LogP contribution in [-0.4, -0.2) is 18.1 Å². The Hall–Kier alpha value is -2.75. The minimum atomic E-state index is -1.00. The molecule has 20 heavy (non-hydrogen) atoms. The van der Waals surface area contributed by atoms with Crippen LogP contribution in [-0.2, 0) is 0 Å². The Balaban J connectivity index is 2.65. The molecule has 0 aliphatic carbocycles. The van der Waals surface area contributed by atoms with E-state index in [1.54, 1.807) is 18.2 Å². The van der Waals surface area contributed by atoms with Crippen LogP contribution in [0.4, 0.5) is 0 Å². The van der Waals surface area contributed by atoms with E-state index < -0.39 is 16.9 Å². The van der Waals surface area contributed by atoms with E-state index in [-0.39, 0.29) is 11.5 Å². The number of rotatable bonds is 3. The van der Waals surface area contributed by atoms with Crippen LogP contribution in [0.5, 0.6) is 11.5 Å². The summed E-state index contributed by atoms with van der Waals surface area (Å²) < 4.78 is 10.6. The molecule has 1 aliphatic rings. The number of benzene rings is 1. The molecule has 0 amide bonds. The first-order chi connectivity index (χ1) is 9.51. The van der Waals surface area contributed by atoms with Crippen molar-refractivity contribution in [3.63, 3.8) is 0 Å². The molecule has 1 aromatic rings. The van der Waals surface area contributed by atoms with Gasteiger partial charge in [0.15, 0.2) is 11.5 Å². The zero-order valence-electron chi connectivity index (χ0n) is 11.0. The molecule has 7 nitrogen and oxygen atoms in total. The first-order valence-electron chi connectivity index (χ1n) is 5.89. The van der Waals surface area contributed by atoms with E-state index in [1.807, 2.05) is 6.07 Å². The summed E-state index contributed by atoms with van der Waals surface area (Å²) >= 11 is 0. The SMILES string of the molecule is COc1cccc2c1OC(N)=C(C#N)C2C(C)[N+](=O)[O-]. The number of fused-ring (bicyclic) bond motifs is 1. The van der Waals surface area contributed by atoms with E-state index >= 15 is 0 Å². The summed E-state index contributed by atoms with van der Waals surface area (Å²) in [5.41, 5.74) is 6.30. The van der Waals surface area contributed by atoms with Crippen LogP contribution in [0.3, 0.4) is 0 Å². The maximum Gasteiger partial charge on any atom is 0.222 e. The third kappa shape index (κ3) is 2.01. The lowest BCUT2D eigenvalue weighted by Crippen LogP contribution is -2.31. The Morgan fingerprint density at radius 2 is 2.30 bits per heavy atom. The molecule has 0 saturated carbocycles. The maximum absolute atomic E-state index is 11.1. The number of nitriles is 1. The fraction of sp³-hybridized carbons (Fsp3) is 0.308. The number of methoxy groups -OCH3 is 1. The number of hydrogen-bond donors (Lipinski definition) is 1. The first-order valence-corrected chi connectivity index (χ1v) is 5.89. The summed E-state index contributed by atoms with van der Waals surface area (Å²) in [5.74, 6) is -0.134. The topological polar surface area (TPSA) is 111 Å². The zero-order valence-corrected chi connectivity index (χ0v) is 11.0. The molecule has 7 heteroatoms. The minimum absolute atomic E-state index is 0.0648. The van der Waals surface area contributed by atoms with E-state index in [0.717, 1.165) is 0 Å². The number of hydrogen-bond acceptors (Lipinski definition) is 6. The van der Waals surface area contributed by atoms with Gasteiger partial charge in [0.25, 0.3) is 0 Å². The molecule has 0 fully saturated rings. The van der Waals surface area contributed by atoms with Gasteiger partial charge in [-0.15, -0.1) is 0 Å². The van der Waals surface area contributed by atoms with E-state index in [1.165, 1.54) is 14.0 Å². The molecule has 2 N–H and O–H groups in total. The van der Waals surface area contributed by atoms with Gasteiger partial charge in [-0.2, -0.15) is 5.26 Å². The van der Waals surface area contributed by atoms with Gasteiger partial charge in [-0.1, -0.05) is 12.1 Å². The Morgan fingerprint density at radius 3 is 2.85 bits per heavy atom. The number of nitro groups is 1. The number of nitrogens with zero attached hydrogens (tertiary/aromatic N) is 2. The summed E-state index contributed by atoms with van der Waals surface area (Å²) in [6.45, 7) is 1.43. The molecule has 2 unspecified atom stereocenters. The number of ether oxygens (including phenoxy) is 2. The third-order valence-corrected chi connectivity index (χ3v) is 3.29. The third-order valence-electron chi connectivity index (χ3n) is 3.29. The second-order valence-electron chi connectivity index (χ2n) is 4.37. The lowest BCUT2D eigenvalue weighted by molar-refractivity contribution is -0.520. The Morgan fingerprint density at radius 1 is 1.60 bits per heavy atom. The van der Waals surface area contributed by atoms with Crippen molar-refractivity contribution in [2.24, 2.45) is 5.73 Å². The van der Waals surface area contributed by atoms with E-state index in [4.69, 9.17) is 15.2 Å². The van der Waals surface area contributed by atoms with Crippen LogP contribution >= 0.6 is 0 Å². The van der Waals surface area contributed by atoms with Gasteiger partial charge in [0.1, 0.15) is 11.6 Å². The van der Waals surface area contributed by atoms with Crippen molar-refractivity contribution < 1.29 is 14.4 Å². The van der Waals surface area contributed by atoms with Crippen LogP contribution < -0.4 is 15.2 Å². The molecule has 1 aromatic carbocycles. The molecular weight excluding hydrogens is 262 g/mol. The summed E-state index contributed by atoms with van der Waals surface area (Å²) in [6.07, 6.45) is 0. The smallest absolute Gasteiger partial charge is 0.222 e. The predicted molar refractivity (Wildman–Crippen MR) is 69.6 cm³/mol. The molecule has 2 rings (SSSR count). The normalized spacial score (nSPS) is 18.6. The summed E-state index contributed by atoms with van der Waals surface area (Å²) in [4.78, 5) is 10.7. The summed E-state index contributed by atoms with van der Waals surface area (Å²) in [6, 6.07) is 5.93. The quantitative estimate of drug-likeness (QED) is 0.661. The van der Waals surface area contributed by atoms with Gasteiger partial charge in [-0.05, 0) is 6.07 Å². The van der Waals surface area contributed by atoms with Crippen molar-refractivity contribution >= 4 is 0 Å². The Bertz CT molecular complexity index is 633. The highest BCUT2D eigenvalue weighted by Crippen LogP contribution is 2.44. The molecule has 1 aliphatic heterocycles. The molecular formula is C13H13N3O4. The molecule has 0 saturated heterocycles. The average molecular weight is 275 g/mol. The molecule has 0 spiro atoms. The van der Waals surface area contributed by atoms with Gasteiger partial charge in [0.05, 0.1) is 13.0 Å². The largest absolute Gasteiger partial charge is 0.493 e. The van der Waals surface area contributed by atoms with Crippen molar-refractivity contribution in [2.45, 2.75) is 18.9 Å². The lowest BCUT2D eigenvalue weighted by Gasteiger charge is -2.27. The predicted octanol–water partition coefficient (Wildman–Crippen LogP) is 1.53. The van der Waals surface area contributed by atoms with Gasteiger partial charge in [0, 0.05) is 17.4 Å². The van der Waals surface area contributed by atoms with Crippen molar-refractivity contribution in [3.05, 3.63) is 45.3 Å². The minimum Gasteiger partial charge on any atom is -0.493 e. The summed E-state index contributed by atoms with van der Waals surface area (Å²) in [5, 5.41) is 20.3. The molecule has 2 atom stereocenters. The van der Waals surface area contributed by atoms with Gasteiger partial charge in [-0.25, -0.2) is 0 Å². The molecule has 104 valence electrons. The van der Waals surface area contributed by atoms with Crippen molar-refractivity contribution in [1.29, 1.82) is 5.26 Å². The number of nitrogens with two attached hydrogens (primary N) is 1. The summed E-state index contributed by atoms with van der Waals surface area (Å²) in [7, 11) is 1.46. The lowest BCUT2D eigenvalue weighted by atomic mass is 9.84. The molecule has 1 heterocycles. The Labute approximate surface area is 115 Å². The van der Waals surface area contributed by atoms with Crippen molar-refractivity contribution in [1.82, 2.24) is 0 Å². The van der Waals surface area contributed by atoms with E-state index in [2.05, 4.69) is 0 Å². The van der Waals surface area contributed by atoms with Gasteiger partial charge < -0.3 is 15.2 Å². The molecule has 0 bridgehead atoms. The highest BCUT2D eigenvalue weighted by atomic mass is 16.6. The van der Waals surface area contributed by atoms with E-state index in [0.29, 0.717) is 17.1 Å². The maximum atomic E-state index is 11.1. The second-order valence-corrected chi connectivity index (χ2v) is 4.37. The first kappa shape index (κ1) is 13.7. The van der Waals surface area contributed by atoms with Gasteiger partial charge in [-0.3, -0.25) is 10.1 Å². The van der Waals surface area contributed by atoms with E-state index in [9.17, 15) is 15.4 Å². The fourth-order valence-corrected chi connectivity index (χ4v) is 2.27. The Kier molecular flexibility index (Phi) is 3.48. The second kappa shape index (κ2) is 5.09. The highest BCUT2D eigenvalue weighted by molar-refractivity contribution is 5.56. The van der Waals surface area contributed by atoms with Crippen LogP contribution in [0.1, 0.15) is 18.4 Å². The van der Waals surface area contributed by atoms with Gasteiger partial charge >= 0.3 is 0 Å². The number of para-hydroxylation sites is 1. The molecule has 0 aromatic heterocycles. The van der Waals surface area contributed by atoms with Crippen molar-refractivity contribution in [3.8, 4) is 17.6 Å². The fourth-order valence-electron chi connectivity index (χ4n) is 2.27. The molecule has 0 radical (unpaired) electrons. The van der Waals surface area contributed by atoms with Crippen LogP contribution in [0, 0.1) is 21.4 Å². The average Bonchev–Trinajstić information content (AvgIpc) is 2.44. The van der Waals surface area contributed by atoms with Crippen molar-refractivity contribution in [2.75, 3.05) is 7.11 Å². The standard InChI is InChI=1S/C13H13N3O4/c1-7(16(17)18)11-8-4-3-5-10(19-2)12(8)20-13(15)9(11)6-14/h3-5,7,11H,15H2,1-2H3. The monoisotopic (exact) mass is 275 g/mol. The van der Waals surface area contributed by atoms with Crippen LogP contribution in [0.2, 0.25) is 0 Å². The van der Waals surface area contributed by atoms with Gasteiger partial charge in [0.2, 0.25) is 11.9 Å². The highest BCUT2D eigenvalue weighted by Gasteiger charge is 2.40.